The van der Waals surface area contributed by atoms with Gasteiger partial charge >= 0.3 is 0 Å². The molecule has 1 heteroatoms. The molecule has 1 rings (SSSR count). The molecule has 72 valence electrons. The molecular weight excluding hydrogens is 158 g/mol. The van der Waals surface area contributed by atoms with Crippen LogP contribution in [0.3, 0.4) is 0 Å². The van der Waals surface area contributed by atoms with Crippen molar-refractivity contribution in [3.05, 3.63) is 29.1 Å². The van der Waals surface area contributed by atoms with Crippen LogP contribution in [0.5, 0.6) is 0 Å². The minimum Gasteiger partial charge on any atom is -0.261 e. The fraction of sp³-hybridized carbons (Fsp3) is 0.583. The maximum atomic E-state index is 4.43. The van der Waals surface area contributed by atoms with Gasteiger partial charge in [-0.3, -0.25) is 4.98 Å². The Hall–Kier alpha value is -0.850. The average Bonchev–Trinajstić information content (AvgIpc) is 2.16. The predicted octanol–water partition coefficient (Wildman–Crippen LogP) is 3.33. The van der Waals surface area contributed by atoms with Gasteiger partial charge in [-0.15, -0.1) is 0 Å². The molecule has 0 bridgehead atoms. The van der Waals surface area contributed by atoms with Crippen LogP contribution in [0.1, 0.15) is 50.4 Å². The standard InChI is InChI=1S/C12H19N/c1-5-10-7-8-13-11(6-2)12(10)9(3)4/h7-9H,5-6H2,1-4H3. The van der Waals surface area contributed by atoms with Gasteiger partial charge in [-0.2, -0.15) is 0 Å². The molecule has 0 N–H and O–H groups in total. The number of nitrogens with zero attached hydrogens (tertiary/aromatic N) is 1. The first-order chi connectivity index (χ1) is 6.20. The Morgan fingerprint density at radius 3 is 2.38 bits per heavy atom. The number of pyridine rings is 1. The molecule has 0 unspecified atom stereocenters. The van der Waals surface area contributed by atoms with Crippen LogP contribution in [-0.2, 0) is 12.8 Å². The summed E-state index contributed by atoms with van der Waals surface area (Å²) in [5, 5.41) is 0. The first kappa shape index (κ1) is 10.2. The molecule has 0 spiro atoms. The Balaban J connectivity index is 3.21. The Kier molecular flexibility index (Phi) is 3.47. The second-order valence-corrected chi connectivity index (χ2v) is 3.69. The molecule has 0 aliphatic rings. The number of hydrogen-bond acceptors (Lipinski definition) is 1. The highest BCUT2D eigenvalue weighted by atomic mass is 14.7. The van der Waals surface area contributed by atoms with Gasteiger partial charge in [0.05, 0.1) is 0 Å². The third-order valence-electron chi connectivity index (χ3n) is 2.46. The molecule has 0 amide bonds. The van der Waals surface area contributed by atoms with Crippen LogP contribution in [0.15, 0.2) is 12.3 Å². The summed E-state index contributed by atoms with van der Waals surface area (Å²) < 4.78 is 0. The first-order valence-electron chi connectivity index (χ1n) is 5.17. The van der Waals surface area contributed by atoms with Gasteiger partial charge in [0.1, 0.15) is 0 Å². The molecule has 0 radical (unpaired) electrons. The van der Waals surface area contributed by atoms with Crippen LogP contribution in [0.25, 0.3) is 0 Å². The number of rotatable bonds is 3. The van der Waals surface area contributed by atoms with E-state index in [9.17, 15) is 0 Å². The number of aromatic nitrogens is 1. The highest BCUT2D eigenvalue weighted by molar-refractivity contribution is 5.32. The average molecular weight is 177 g/mol. The van der Waals surface area contributed by atoms with Crippen LogP contribution >= 0.6 is 0 Å². The Labute approximate surface area is 81.2 Å². The minimum absolute atomic E-state index is 0.596. The van der Waals surface area contributed by atoms with Gasteiger partial charge in [-0.05, 0) is 36.0 Å². The van der Waals surface area contributed by atoms with Gasteiger partial charge < -0.3 is 0 Å². The van der Waals surface area contributed by atoms with Crippen LogP contribution < -0.4 is 0 Å². The SMILES string of the molecule is CCc1ccnc(CC)c1C(C)C. The third-order valence-corrected chi connectivity index (χ3v) is 2.46. The predicted molar refractivity (Wildman–Crippen MR) is 57.1 cm³/mol. The van der Waals surface area contributed by atoms with Gasteiger partial charge in [0.2, 0.25) is 0 Å². The summed E-state index contributed by atoms with van der Waals surface area (Å²) >= 11 is 0. The zero-order valence-corrected chi connectivity index (χ0v) is 9.09. The quantitative estimate of drug-likeness (QED) is 0.690. The molecular formula is C12H19N. The topological polar surface area (TPSA) is 12.9 Å². The van der Waals surface area contributed by atoms with Crippen molar-refractivity contribution in [2.45, 2.75) is 46.5 Å². The van der Waals surface area contributed by atoms with Gasteiger partial charge in [-0.1, -0.05) is 27.7 Å². The van der Waals surface area contributed by atoms with Gasteiger partial charge in [0, 0.05) is 11.9 Å². The molecule has 1 nitrogen and oxygen atoms in total. The van der Waals surface area contributed by atoms with E-state index in [0.717, 1.165) is 12.8 Å². The summed E-state index contributed by atoms with van der Waals surface area (Å²) in [6.45, 7) is 8.87. The van der Waals surface area contributed by atoms with Gasteiger partial charge in [-0.25, -0.2) is 0 Å². The maximum absolute atomic E-state index is 4.43. The minimum atomic E-state index is 0.596. The van der Waals surface area contributed by atoms with Crippen LogP contribution in [0.4, 0.5) is 0 Å². The lowest BCUT2D eigenvalue weighted by atomic mass is 9.93. The lowest BCUT2D eigenvalue weighted by Crippen LogP contribution is -2.03. The van der Waals surface area contributed by atoms with Crippen molar-refractivity contribution in [3.8, 4) is 0 Å². The van der Waals surface area contributed by atoms with Gasteiger partial charge in [0.15, 0.2) is 0 Å². The first-order valence-corrected chi connectivity index (χ1v) is 5.17. The fourth-order valence-corrected chi connectivity index (χ4v) is 1.86. The molecule has 0 atom stereocenters. The lowest BCUT2D eigenvalue weighted by molar-refractivity contribution is 0.803. The van der Waals surface area contributed by atoms with Crippen LogP contribution in [0, 0.1) is 0 Å². The molecule has 0 saturated heterocycles. The molecule has 1 aromatic heterocycles. The van der Waals surface area contributed by atoms with Crippen LogP contribution in [0.2, 0.25) is 0 Å². The van der Waals surface area contributed by atoms with E-state index >= 15 is 0 Å². The van der Waals surface area contributed by atoms with Crippen molar-refractivity contribution < 1.29 is 0 Å². The number of aryl methyl sites for hydroxylation is 2. The van der Waals surface area contributed by atoms with Crippen molar-refractivity contribution in [2.24, 2.45) is 0 Å². The molecule has 0 saturated carbocycles. The van der Waals surface area contributed by atoms with Crippen molar-refractivity contribution >= 4 is 0 Å². The smallest absolute Gasteiger partial charge is 0.0438 e. The van der Waals surface area contributed by atoms with Crippen molar-refractivity contribution in [3.63, 3.8) is 0 Å². The van der Waals surface area contributed by atoms with E-state index in [-0.39, 0.29) is 0 Å². The summed E-state index contributed by atoms with van der Waals surface area (Å²) in [5.74, 6) is 0.596. The van der Waals surface area contributed by atoms with E-state index < -0.39 is 0 Å². The monoisotopic (exact) mass is 177 g/mol. The van der Waals surface area contributed by atoms with E-state index in [4.69, 9.17) is 0 Å². The Bertz CT molecular complexity index is 254. The van der Waals surface area contributed by atoms with E-state index in [2.05, 4.69) is 38.7 Å². The lowest BCUT2D eigenvalue weighted by Gasteiger charge is -2.14. The normalized spacial score (nSPS) is 10.8. The molecule has 0 aromatic carbocycles. The molecule has 0 aliphatic carbocycles. The second kappa shape index (κ2) is 4.40. The molecule has 1 heterocycles. The Morgan fingerprint density at radius 2 is 1.92 bits per heavy atom. The summed E-state index contributed by atoms with van der Waals surface area (Å²) in [6.07, 6.45) is 4.09. The zero-order valence-electron chi connectivity index (χ0n) is 9.09. The van der Waals surface area contributed by atoms with Gasteiger partial charge in [0.25, 0.3) is 0 Å². The highest BCUT2D eigenvalue weighted by Gasteiger charge is 2.10. The number of hydrogen-bond donors (Lipinski definition) is 0. The summed E-state index contributed by atoms with van der Waals surface area (Å²) in [6, 6.07) is 2.15. The molecule has 13 heavy (non-hydrogen) atoms. The summed E-state index contributed by atoms with van der Waals surface area (Å²) in [4.78, 5) is 4.43. The van der Waals surface area contributed by atoms with Crippen molar-refractivity contribution in [1.29, 1.82) is 0 Å². The van der Waals surface area contributed by atoms with Crippen molar-refractivity contribution in [1.82, 2.24) is 4.98 Å². The zero-order chi connectivity index (χ0) is 9.84. The van der Waals surface area contributed by atoms with E-state index in [1.807, 2.05) is 6.20 Å². The van der Waals surface area contributed by atoms with E-state index in [0.29, 0.717) is 5.92 Å². The second-order valence-electron chi connectivity index (χ2n) is 3.69. The largest absolute Gasteiger partial charge is 0.261 e. The van der Waals surface area contributed by atoms with Crippen LogP contribution in [-0.4, -0.2) is 4.98 Å². The van der Waals surface area contributed by atoms with E-state index in [1.54, 1.807) is 0 Å². The summed E-state index contributed by atoms with van der Waals surface area (Å²) in [5.41, 5.74) is 4.20. The van der Waals surface area contributed by atoms with Crippen molar-refractivity contribution in [2.75, 3.05) is 0 Å². The van der Waals surface area contributed by atoms with E-state index in [1.165, 1.54) is 16.8 Å². The molecule has 1 aromatic rings. The Morgan fingerprint density at radius 1 is 1.23 bits per heavy atom. The highest BCUT2D eigenvalue weighted by Crippen LogP contribution is 2.22. The maximum Gasteiger partial charge on any atom is 0.0438 e. The third kappa shape index (κ3) is 2.09. The fourth-order valence-electron chi connectivity index (χ4n) is 1.86. The summed E-state index contributed by atoms with van der Waals surface area (Å²) in [7, 11) is 0. The molecule has 0 aliphatic heterocycles. The molecule has 0 fully saturated rings.